The molecule has 0 heterocycles. The van der Waals surface area contributed by atoms with Gasteiger partial charge in [-0.25, -0.2) is 4.79 Å². The van der Waals surface area contributed by atoms with Gasteiger partial charge in [0.05, 0.1) is 12.2 Å². The van der Waals surface area contributed by atoms with Gasteiger partial charge in [0.15, 0.2) is 0 Å². The fourth-order valence-electron chi connectivity index (χ4n) is 2.21. The fourth-order valence-corrected chi connectivity index (χ4v) is 2.21. The van der Waals surface area contributed by atoms with Gasteiger partial charge in [-0.05, 0) is 25.0 Å². The predicted octanol–water partition coefficient (Wildman–Crippen LogP) is 3.49. The van der Waals surface area contributed by atoms with Gasteiger partial charge >= 0.3 is 5.97 Å². The van der Waals surface area contributed by atoms with E-state index in [4.69, 9.17) is 4.74 Å². The first-order valence-electron chi connectivity index (χ1n) is 7.52. The molecule has 2 aromatic rings. The molecule has 0 amide bonds. The summed E-state index contributed by atoms with van der Waals surface area (Å²) in [6.07, 6.45) is 0.855. The van der Waals surface area contributed by atoms with Crippen LogP contribution in [0.2, 0.25) is 0 Å². The molecule has 0 aliphatic carbocycles. The highest BCUT2D eigenvalue weighted by Gasteiger charge is 2.24. The SMILES string of the molecule is CCOC(=O)c1ccccc1C(=O)C(=O)c1ccc(CC)cc1. The maximum Gasteiger partial charge on any atom is 0.338 e. The summed E-state index contributed by atoms with van der Waals surface area (Å²) < 4.78 is 4.93. The lowest BCUT2D eigenvalue weighted by Crippen LogP contribution is -2.19. The Labute approximate surface area is 135 Å². The number of carbonyl (C=O) groups excluding carboxylic acids is 3. The Kier molecular flexibility index (Phi) is 5.41. The van der Waals surface area contributed by atoms with E-state index in [-0.39, 0.29) is 17.7 Å². The van der Waals surface area contributed by atoms with Crippen LogP contribution >= 0.6 is 0 Å². The molecule has 0 aliphatic rings. The van der Waals surface area contributed by atoms with Crippen molar-refractivity contribution >= 4 is 17.5 Å². The third-order valence-electron chi connectivity index (χ3n) is 3.50. The Morgan fingerprint density at radius 1 is 0.826 bits per heavy atom. The topological polar surface area (TPSA) is 60.4 Å². The van der Waals surface area contributed by atoms with E-state index < -0.39 is 17.5 Å². The van der Waals surface area contributed by atoms with E-state index in [1.807, 2.05) is 19.1 Å². The Morgan fingerprint density at radius 2 is 1.43 bits per heavy atom. The van der Waals surface area contributed by atoms with Crippen molar-refractivity contribution in [3.05, 3.63) is 70.8 Å². The standard InChI is InChI=1S/C19H18O4/c1-3-13-9-11-14(12-10-13)17(20)18(21)15-7-5-6-8-16(15)19(22)23-4-2/h5-12H,3-4H2,1-2H3. The Hall–Kier alpha value is -2.75. The van der Waals surface area contributed by atoms with Gasteiger partial charge in [0.1, 0.15) is 0 Å². The van der Waals surface area contributed by atoms with Crippen LogP contribution in [0.15, 0.2) is 48.5 Å². The molecule has 0 aliphatic heterocycles. The van der Waals surface area contributed by atoms with Gasteiger partial charge in [0.25, 0.3) is 0 Å². The molecule has 0 fully saturated rings. The number of ether oxygens (including phenoxy) is 1. The maximum absolute atomic E-state index is 12.5. The average Bonchev–Trinajstić information content (AvgIpc) is 2.60. The number of hydrogen-bond acceptors (Lipinski definition) is 4. The van der Waals surface area contributed by atoms with Gasteiger partial charge in [0.2, 0.25) is 11.6 Å². The quantitative estimate of drug-likeness (QED) is 0.465. The van der Waals surface area contributed by atoms with Crippen molar-refractivity contribution in [2.24, 2.45) is 0 Å². The van der Waals surface area contributed by atoms with Gasteiger partial charge in [-0.3, -0.25) is 9.59 Å². The van der Waals surface area contributed by atoms with Crippen LogP contribution in [-0.2, 0) is 11.2 Å². The highest BCUT2D eigenvalue weighted by molar-refractivity contribution is 6.50. The van der Waals surface area contributed by atoms with Gasteiger partial charge in [-0.1, -0.05) is 49.4 Å². The predicted molar refractivity (Wildman–Crippen MR) is 86.9 cm³/mol. The lowest BCUT2D eigenvalue weighted by atomic mass is 9.96. The zero-order chi connectivity index (χ0) is 16.8. The van der Waals surface area contributed by atoms with Crippen LogP contribution in [0.25, 0.3) is 0 Å². The second-order valence-corrected chi connectivity index (χ2v) is 4.97. The monoisotopic (exact) mass is 310 g/mol. The van der Waals surface area contributed by atoms with E-state index in [2.05, 4.69) is 0 Å². The van der Waals surface area contributed by atoms with Crippen molar-refractivity contribution in [1.29, 1.82) is 0 Å². The lowest BCUT2D eigenvalue weighted by Gasteiger charge is -2.07. The molecule has 0 saturated carbocycles. The molecule has 0 aromatic heterocycles. The first-order chi connectivity index (χ1) is 11.1. The Bertz CT molecular complexity index is 729. The number of esters is 1. The molecule has 0 bridgehead atoms. The number of ketones is 2. The maximum atomic E-state index is 12.5. The molecule has 0 unspecified atom stereocenters. The molecule has 2 aromatic carbocycles. The number of carbonyl (C=O) groups is 3. The zero-order valence-corrected chi connectivity index (χ0v) is 13.2. The van der Waals surface area contributed by atoms with Gasteiger partial charge < -0.3 is 4.74 Å². The summed E-state index contributed by atoms with van der Waals surface area (Å²) in [5.74, 6) is -1.95. The van der Waals surface area contributed by atoms with E-state index in [1.165, 1.54) is 12.1 Å². The third-order valence-corrected chi connectivity index (χ3v) is 3.50. The van der Waals surface area contributed by atoms with Crippen molar-refractivity contribution in [1.82, 2.24) is 0 Å². The third kappa shape index (κ3) is 3.72. The minimum absolute atomic E-state index is 0.0653. The fraction of sp³-hybridized carbons (Fsp3) is 0.211. The minimum atomic E-state index is -0.710. The average molecular weight is 310 g/mol. The van der Waals surface area contributed by atoms with Crippen LogP contribution in [0, 0.1) is 0 Å². The van der Waals surface area contributed by atoms with Crippen LogP contribution in [0.5, 0.6) is 0 Å². The zero-order valence-electron chi connectivity index (χ0n) is 13.2. The number of rotatable bonds is 6. The number of aryl methyl sites for hydroxylation is 1. The first kappa shape index (κ1) is 16.6. The molecule has 118 valence electrons. The summed E-state index contributed by atoms with van der Waals surface area (Å²) in [5.41, 5.74) is 1.57. The van der Waals surface area contributed by atoms with Crippen LogP contribution < -0.4 is 0 Å². The van der Waals surface area contributed by atoms with Gasteiger partial charge in [-0.15, -0.1) is 0 Å². The van der Waals surface area contributed by atoms with Crippen molar-refractivity contribution < 1.29 is 19.1 Å². The summed E-state index contributed by atoms with van der Waals surface area (Å²) in [6.45, 7) is 3.90. The molecule has 4 heteroatoms. The van der Waals surface area contributed by atoms with Crippen LogP contribution in [0.1, 0.15) is 50.5 Å². The van der Waals surface area contributed by atoms with E-state index in [0.29, 0.717) is 5.56 Å². The molecule has 0 saturated heterocycles. The molecule has 0 atom stereocenters. The second kappa shape index (κ2) is 7.49. The molecular formula is C19H18O4. The van der Waals surface area contributed by atoms with Crippen LogP contribution in [0.3, 0.4) is 0 Å². The summed E-state index contributed by atoms with van der Waals surface area (Å²) in [4.78, 5) is 36.8. The molecule has 4 nitrogen and oxygen atoms in total. The Balaban J connectivity index is 2.32. The molecule has 0 spiro atoms. The van der Waals surface area contributed by atoms with Crippen LogP contribution in [-0.4, -0.2) is 24.1 Å². The van der Waals surface area contributed by atoms with Gasteiger partial charge in [0, 0.05) is 11.1 Å². The van der Waals surface area contributed by atoms with Crippen molar-refractivity contribution in [3.63, 3.8) is 0 Å². The molecule has 0 N–H and O–H groups in total. The summed E-state index contributed by atoms with van der Waals surface area (Å²) >= 11 is 0. The summed E-state index contributed by atoms with van der Waals surface area (Å²) in [6, 6.07) is 13.1. The van der Waals surface area contributed by atoms with Crippen molar-refractivity contribution in [2.45, 2.75) is 20.3 Å². The number of benzene rings is 2. The van der Waals surface area contributed by atoms with E-state index >= 15 is 0 Å². The van der Waals surface area contributed by atoms with Crippen molar-refractivity contribution in [2.75, 3.05) is 6.61 Å². The summed E-state index contributed by atoms with van der Waals surface area (Å²) in [7, 11) is 0. The van der Waals surface area contributed by atoms with Gasteiger partial charge in [-0.2, -0.15) is 0 Å². The van der Waals surface area contributed by atoms with E-state index in [0.717, 1.165) is 12.0 Å². The largest absolute Gasteiger partial charge is 0.462 e. The minimum Gasteiger partial charge on any atom is -0.462 e. The van der Waals surface area contributed by atoms with E-state index in [9.17, 15) is 14.4 Å². The molecule has 2 rings (SSSR count). The molecular weight excluding hydrogens is 292 g/mol. The Morgan fingerprint density at radius 3 is 2.00 bits per heavy atom. The highest BCUT2D eigenvalue weighted by Crippen LogP contribution is 2.15. The first-order valence-corrected chi connectivity index (χ1v) is 7.52. The second-order valence-electron chi connectivity index (χ2n) is 4.97. The van der Waals surface area contributed by atoms with E-state index in [1.54, 1.807) is 31.2 Å². The molecule has 23 heavy (non-hydrogen) atoms. The number of hydrogen-bond donors (Lipinski definition) is 0. The molecule has 0 radical (unpaired) electrons. The lowest BCUT2D eigenvalue weighted by molar-refractivity contribution is 0.0523. The van der Waals surface area contributed by atoms with Crippen LogP contribution in [0.4, 0.5) is 0 Å². The normalized spacial score (nSPS) is 10.2. The number of Topliss-reactive ketones (excluding diaryl/α,β-unsaturated/α-hetero) is 2. The van der Waals surface area contributed by atoms with Crippen molar-refractivity contribution in [3.8, 4) is 0 Å². The highest BCUT2D eigenvalue weighted by atomic mass is 16.5. The smallest absolute Gasteiger partial charge is 0.338 e. The summed E-state index contributed by atoms with van der Waals surface area (Å²) in [5, 5.41) is 0.